The maximum absolute atomic E-state index is 3.78. The summed E-state index contributed by atoms with van der Waals surface area (Å²) in [6, 6.07) is 16.8. The van der Waals surface area contributed by atoms with Gasteiger partial charge in [-0.25, -0.2) is 0 Å². The Bertz CT molecular complexity index is 342. The van der Waals surface area contributed by atoms with Crippen molar-refractivity contribution in [3.63, 3.8) is 0 Å². The van der Waals surface area contributed by atoms with Crippen molar-refractivity contribution in [1.29, 1.82) is 0 Å². The molecule has 0 amide bonds. The Morgan fingerprint density at radius 1 is 1.00 bits per heavy atom. The molecule has 17 heavy (non-hydrogen) atoms. The Morgan fingerprint density at radius 2 is 1.59 bits per heavy atom. The second-order valence-corrected chi connectivity index (χ2v) is 3.46. The lowest BCUT2D eigenvalue weighted by atomic mass is 10.3. The molecule has 0 aliphatic heterocycles. The summed E-state index contributed by atoms with van der Waals surface area (Å²) in [5.74, 6) is 0. The summed E-state index contributed by atoms with van der Waals surface area (Å²) >= 11 is 0. The molecule has 1 aromatic carbocycles. The van der Waals surface area contributed by atoms with E-state index in [1.807, 2.05) is 30.3 Å². The molecule has 89 valence electrons. The molecule has 0 aliphatic carbocycles. The smallest absolute Gasteiger partial charge is 0.0366 e. The van der Waals surface area contributed by atoms with E-state index in [4.69, 9.17) is 0 Å². The van der Waals surface area contributed by atoms with Gasteiger partial charge < -0.3 is 4.90 Å². The van der Waals surface area contributed by atoms with E-state index >= 15 is 0 Å². The van der Waals surface area contributed by atoms with Crippen LogP contribution in [0, 0.1) is 6.07 Å². The van der Waals surface area contributed by atoms with Crippen molar-refractivity contribution in [3.8, 4) is 0 Å². The van der Waals surface area contributed by atoms with Gasteiger partial charge in [0.2, 0.25) is 0 Å². The zero-order chi connectivity index (χ0) is 12.3. The predicted molar refractivity (Wildman–Crippen MR) is 73.1 cm³/mol. The number of benzene rings is 1. The minimum atomic E-state index is 1.07. The first kappa shape index (κ1) is 13.2. The molecular formula is C15H19N2. The molecule has 0 spiro atoms. The highest BCUT2D eigenvalue weighted by Gasteiger charge is 1.97. The number of aromatic nitrogens is 1. The van der Waals surface area contributed by atoms with Gasteiger partial charge in [-0.15, -0.1) is 0 Å². The summed E-state index contributed by atoms with van der Waals surface area (Å²) in [6.45, 7) is 6.47. The molecule has 2 nitrogen and oxygen atoms in total. The molecule has 0 aliphatic rings. The van der Waals surface area contributed by atoms with Gasteiger partial charge in [0.1, 0.15) is 0 Å². The number of nitrogens with zero attached hydrogens (tertiary/aromatic N) is 2. The second-order valence-electron chi connectivity index (χ2n) is 3.46. The molecule has 0 bridgehead atoms. The molecule has 0 atom stereocenters. The van der Waals surface area contributed by atoms with Crippen LogP contribution in [0.1, 0.15) is 13.8 Å². The molecule has 0 unspecified atom stereocenters. The third kappa shape index (κ3) is 5.16. The highest BCUT2D eigenvalue weighted by atomic mass is 15.1. The predicted octanol–water partition coefficient (Wildman–Crippen LogP) is 3.41. The monoisotopic (exact) mass is 227 g/mol. The van der Waals surface area contributed by atoms with E-state index in [1.165, 1.54) is 5.69 Å². The zero-order valence-electron chi connectivity index (χ0n) is 10.5. The van der Waals surface area contributed by atoms with Crippen LogP contribution in [-0.4, -0.2) is 18.1 Å². The Morgan fingerprint density at radius 3 is 1.94 bits per heavy atom. The van der Waals surface area contributed by atoms with Gasteiger partial charge >= 0.3 is 0 Å². The third-order valence-electron chi connectivity index (χ3n) is 2.40. The number of pyridine rings is 1. The van der Waals surface area contributed by atoms with Gasteiger partial charge in [-0.2, -0.15) is 0 Å². The van der Waals surface area contributed by atoms with Gasteiger partial charge in [0.15, 0.2) is 0 Å². The maximum atomic E-state index is 3.78. The first-order chi connectivity index (χ1) is 8.38. The third-order valence-corrected chi connectivity index (χ3v) is 2.40. The van der Waals surface area contributed by atoms with Crippen LogP contribution in [0.2, 0.25) is 0 Å². The van der Waals surface area contributed by atoms with Crippen molar-refractivity contribution in [2.75, 3.05) is 18.0 Å². The molecule has 1 heterocycles. The van der Waals surface area contributed by atoms with E-state index in [2.05, 4.69) is 41.9 Å². The Labute approximate surface area is 104 Å². The van der Waals surface area contributed by atoms with Gasteiger partial charge in [-0.1, -0.05) is 18.2 Å². The lowest BCUT2D eigenvalue weighted by Gasteiger charge is -2.20. The van der Waals surface area contributed by atoms with E-state index in [9.17, 15) is 0 Å². The molecule has 0 N–H and O–H groups in total. The molecule has 2 rings (SSSR count). The van der Waals surface area contributed by atoms with E-state index in [1.54, 1.807) is 12.4 Å². The zero-order valence-corrected chi connectivity index (χ0v) is 10.5. The van der Waals surface area contributed by atoms with Crippen LogP contribution in [0.3, 0.4) is 0 Å². The average Bonchev–Trinajstić information content (AvgIpc) is 2.44. The van der Waals surface area contributed by atoms with Crippen LogP contribution in [0.4, 0.5) is 5.69 Å². The molecule has 2 heteroatoms. The average molecular weight is 227 g/mol. The summed E-state index contributed by atoms with van der Waals surface area (Å²) in [5, 5.41) is 0. The van der Waals surface area contributed by atoms with Crippen LogP contribution >= 0.6 is 0 Å². The Balaban J connectivity index is 0.000000202. The van der Waals surface area contributed by atoms with Crippen LogP contribution in [0.25, 0.3) is 0 Å². The summed E-state index contributed by atoms with van der Waals surface area (Å²) in [7, 11) is 0. The summed E-state index contributed by atoms with van der Waals surface area (Å²) < 4.78 is 0. The topological polar surface area (TPSA) is 16.1 Å². The minimum absolute atomic E-state index is 1.07. The second kappa shape index (κ2) is 8.34. The molecule has 0 fully saturated rings. The van der Waals surface area contributed by atoms with Crippen LogP contribution < -0.4 is 4.90 Å². The standard InChI is InChI=1S/C10H14N.C5H5N/c1-3-11(4-2)10-8-6-5-7-9-10;1-2-4-6-5-3-1/h6-9H,3-4H2,1-2H3;1-5H. The van der Waals surface area contributed by atoms with Gasteiger partial charge in [0, 0.05) is 31.2 Å². The van der Waals surface area contributed by atoms with Crippen molar-refractivity contribution < 1.29 is 0 Å². The maximum Gasteiger partial charge on any atom is 0.0366 e. The normalized spacial score (nSPS) is 9.06. The fraction of sp³-hybridized carbons (Fsp3) is 0.267. The number of hydrogen-bond acceptors (Lipinski definition) is 2. The van der Waals surface area contributed by atoms with Crippen LogP contribution in [-0.2, 0) is 0 Å². The molecule has 0 saturated carbocycles. The van der Waals surface area contributed by atoms with E-state index in [0.29, 0.717) is 0 Å². The molecule has 1 radical (unpaired) electrons. The minimum Gasteiger partial charge on any atom is -0.372 e. The summed E-state index contributed by atoms with van der Waals surface area (Å²) in [6.07, 6.45) is 3.50. The quantitative estimate of drug-likeness (QED) is 0.798. The molecular weight excluding hydrogens is 208 g/mol. The van der Waals surface area contributed by atoms with Gasteiger partial charge in [-0.3, -0.25) is 4.98 Å². The van der Waals surface area contributed by atoms with E-state index in [-0.39, 0.29) is 0 Å². The Hall–Kier alpha value is -1.83. The van der Waals surface area contributed by atoms with E-state index < -0.39 is 0 Å². The van der Waals surface area contributed by atoms with Gasteiger partial charge in [0.25, 0.3) is 0 Å². The highest BCUT2D eigenvalue weighted by Crippen LogP contribution is 2.11. The SMILES string of the molecule is CCN(CC)c1cc[c]cc1.c1ccncc1. The number of anilines is 1. The van der Waals surface area contributed by atoms with E-state index in [0.717, 1.165) is 13.1 Å². The lowest BCUT2D eigenvalue weighted by Crippen LogP contribution is -2.21. The summed E-state index contributed by atoms with van der Waals surface area (Å²) in [4.78, 5) is 6.10. The van der Waals surface area contributed by atoms with Crippen molar-refractivity contribution >= 4 is 5.69 Å². The van der Waals surface area contributed by atoms with Gasteiger partial charge in [-0.05, 0) is 44.2 Å². The lowest BCUT2D eigenvalue weighted by molar-refractivity contribution is 0.866. The molecule has 2 aromatic rings. The summed E-state index contributed by atoms with van der Waals surface area (Å²) in [5.41, 5.74) is 1.29. The Kier molecular flexibility index (Phi) is 6.49. The molecule has 0 saturated heterocycles. The van der Waals surface area contributed by atoms with Crippen molar-refractivity contribution in [2.24, 2.45) is 0 Å². The van der Waals surface area contributed by atoms with Crippen molar-refractivity contribution in [1.82, 2.24) is 4.98 Å². The highest BCUT2D eigenvalue weighted by molar-refractivity contribution is 5.45. The van der Waals surface area contributed by atoms with Gasteiger partial charge in [0.05, 0.1) is 0 Å². The fourth-order valence-electron chi connectivity index (χ4n) is 1.49. The van der Waals surface area contributed by atoms with Crippen molar-refractivity contribution in [3.05, 3.63) is 60.9 Å². The van der Waals surface area contributed by atoms with Crippen LogP contribution in [0.5, 0.6) is 0 Å². The van der Waals surface area contributed by atoms with Crippen LogP contribution in [0.15, 0.2) is 54.9 Å². The number of rotatable bonds is 3. The molecule has 1 aromatic heterocycles. The fourth-order valence-corrected chi connectivity index (χ4v) is 1.49. The first-order valence-corrected chi connectivity index (χ1v) is 5.94. The largest absolute Gasteiger partial charge is 0.372 e. The van der Waals surface area contributed by atoms with Crippen molar-refractivity contribution in [2.45, 2.75) is 13.8 Å². The number of hydrogen-bond donors (Lipinski definition) is 0. The first-order valence-electron chi connectivity index (χ1n) is 5.94.